The van der Waals surface area contributed by atoms with Crippen LogP contribution in [0.2, 0.25) is 0 Å². The lowest BCUT2D eigenvalue weighted by Crippen LogP contribution is -2.14. The van der Waals surface area contributed by atoms with Crippen LogP contribution in [-0.4, -0.2) is 32.9 Å². The number of hydrogen-bond acceptors (Lipinski definition) is 5. The van der Waals surface area contributed by atoms with E-state index >= 15 is 0 Å². The van der Waals surface area contributed by atoms with Gasteiger partial charge in [-0.25, -0.2) is 0 Å². The van der Waals surface area contributed by atoms with Crippen LogP contribution in [0.3, 0.4) is 0 Å². The van der Waals surface area contributed by atoms with E-state index < -0.39 is 0 Å². The van der Waals surface area contributed by atoms with Gasteiger partial charge in [-0.3, -0.25) is 4.79 Å². The predicted molar refractivity (Wildman–Crippen MR) is 74.9 cm³/mol. The van der Waals surface area contributed by atoms with E-state index in [9.17, 15) is 9.59 Å². The highest BCUT2D eigenvalue weighted by atomic mass is 16.5. The monoisotopic (exact) mass is 280 g/mol. The zero-order valence-electron chi connectivity index (χ0n) is 12.5. The molecule has 0 aliphatic rings. The third-order valence-electron chi connectivity index (χ3n) is 2.99. The molecular weight excluding hydrogens is 260 g/mol. The quantitative estimate of drug-likeness (QED) is 0.718. The van der Waals surface area contributed by atoms with Crippen molar-refractivity contribution in [1.82, 2.24) is 0 Å². The van der Waals surface area contributed by atoms with Crippen LogP contribution in [0.1, 0.15) is 30.6 Å². The number of methoxy groups -OCH3 is 3. The maximum Gasteiger partial charge on any atom is 0.203 e. The fourth-order valence-electron chi connectivity index (χ4n) is 2.03. The van der Waals surface area contributed by atoms with Gasteiger partial charge in [0.25, 0.3) is 0 Å². The Morgan fingerprint density at radius 3 is 1.90 bits per heavy atom. The molecule has 1 atom stereocenters. The summed E-state index contributed by atoms with van der Waals surface area (Å²) in [5, 5.41) is 0. The molecule has 0 amide bonds. The molecule has 0 fully saturated rings. The Morgan fingerprint density at radius 2 is 1.55 bits per heavy atom. The minimum Gasteiger partial charge on any atom is -0.493 e. The summed E-state index contributed by atoms with van der Waals surface area (Å²) in [7, 11) is 4.48. The molecule has 0 bridgehead atoms. The second-order valence-corrected chi connectivity index (χ2v) is 4.59. The molecule has 0 heterocycles. The molecule has 0 saturated heterocycles. The van der Waals surface area contributed by atoms with Crippen molar-refractivity contribution in [2.45, 2.75) is 20.3 Å². The first-order valence-corrected chi connectivity index (χ1v) is 6.28. The first-order chi connectivity index (χ1) is 9.44. The van der Waals surface area contributed by atoms with E-state index in [0.29, 0.717) is 22.8 Å². The molecule has 0 N–H and O–H groups in total. The second-order valence-electron chi connectivity index (χ2n) is 4.59. The van der Waals surface area contributed by atoms with Crippen LogP contribution in [0.15, 0.2) is 12.1 Å². The summed E-state index contributed by atoms with van der Waals surface area (Å²) in [5.41, 5.74) is 0.438. The number of ketones is 2. The minimum atomic E-state index is -0.379. The van der Waals surface area contributed by atoms with Crippen LogP contribution >= 0.6 is 0 Å². The standard InChI is InChI=1S/C15H20O5/c1-9(6-10(2)16)14(17)11-7-12(18-3)15(20-5)13(8-11)19-4/h7-9H,6H2,1-5H3. The summed E-state index contributed by atoms with van der Waals surface area (Å²) in [4.78, 5) is 23.4. The topological polar surface area (TPSA) is 61.8 Å². The molecule has 0 aromatic heterocycles. The molecule has 1 unspecified atom stereocenters. The normalized spacial score (nSPS) is 11.7. The summed E-state index contributed by atoms with van der Waals surface area (Å²) < 4.78 is 15.6. The molecule has 0 radical (unpaired) electrons. The zero-order chi connectivity index (χ0) is 15.3. The van der Waals surface area contributed by atoms with Crippen molar-refractivity contribution in [3.63, 3.8) is 0 Å². The van der Waals surface area contributed by atoms with Gasteiger partial charge in [0.05, 0.1) is 21.3 Å². The van der Waals surface area contributed by atoms with Crippen molar-refractivity contribution >= 4 is 11.6 Å². The van der Waals surface area contributed by atoms with Crippen LogP contribution in [0, 0.1) is 5.92 Å². The lowest BCUT2D eigenvalue weighted by molar-refractivity contribution is -0.117. The van der Waals surface area contributed by atoms with Crippen molar-refractivity contribution in [2.75, 3.05) is 21.3 Å². The average Bonchev–Trinajstić information content (AvgIpc) is 2.43. The van der Waals surface area contributed by atoms with Crippen LogP contribution in [0.4, 0.5) is 0 Å². The lowest BCUT2D eigenvalue weighted by Gasteiger charge is -2.15. The average molecular weight is 280 g/mol. The number of carbonyl (C=O) groups is 2. The van der Waals surface area contributed by atoms with Gasteiger partial charge in [0.2, 0.25) is 5.75 Å². The van der Waals surface area contributed by atoms with Crippen molar-refractivity contribution in [3.05, 3.63) is 17.7 Å². The van der Waals surface area contributed by atoms with E-state index in [4.69, 9.17) is 14.2 Å². The molecule has 1 aromatic rings. The fourth-order valence-corrected chi connectivity index (χ4v) is 2.03. The summed E-state index contributed by atoms with van der Waals surface area (Å²) in [6.45, 7) is 3.20. The Bertz CT molecular complexity index is 482. The fraction of sp³-hybridized carbons (Fsp3) is 0.467. The van der Waals surface area contributed by atoms with E-state index in [1.54, 1.807) is 19.1 Å². The van der Waals surface area contributed by atoms with E-state index in [-0.39, 0.29) is 23.9 Å². The Labute approximate surface area is 118 Å². The number of rotatable bonds is 7. The van der Waals surface area contributed by atoms with Gasteiger partial charge in [-0.2, -0.15) is 0 Å². The number of ether oxygens (including phenoxy) is 3. The Kier molecular flexibility index (Phi) is 5.55. The largest absolute Gasteiger partial charge is 0.493 e. The second kappa shape index (κ2) is 6.93. The van der Waals surface area contributed by atoms with Crippen molar-refractivity contribution in [2.24, 2.45) is 5.92 Å². The molecule has 5 nitrogen and oxygen atoms in total. The highest BCUT2D eigenvalue weighted by Gasteiger charge is 2.21. The first kappa shape index (κ1) is 16.0. The van der Waals surface area contributed by atoms with E-state index in [1.165, 1.54) is 28.3 Å². The third kappa shape index (κ3) is 3.50. The van der Waals surface area contributed by atoms with Crippen LogP contribution < -0.4 is 14.2 Å². The molecule has 1 rings (SSSR count). The molecule has 110 valence electrons. The predicted octanol–water partition coefficient (Wildman–Crippen LogP) is 2.51. The van der Waals surface area contributed by atoms with Gasteiger partial charge < -0.3 is 19.0 Å². The molecule has 1 aromatic carbocycles. The summed E-state index contributed by atoms with van der Waals surface area (Å²) in [5.74, 6) is 0.759. The van der Waals surface area contributed by atoms with Crippen molar-refractivity contribution < 1.29 is 23.8 Å². The molecule has 0 saturated carbocycles. The number of hydrogen-bond donors (Lipinski definition) is 0. The maximum absolute atomic E-state index is 12.3. The maximum atomic E-state index is 12.3. The van der Waals surface area contributed by atoms with Crippen LogP contribution in [-0.2, 0) is 4.79 Å². The molecule has 20 heavy (non-hydrogen) atoms. The number of Topliss-reactive ketones (excluding diaryl/α,β-unsaturated/α-hetero) is 2. The summed E-state index contributed by atoms with van der Waals surface area (Å²) >= 11 is 0. The molecule has 0 aliphatic heterocycles. The highest BCUT2D eigenvalue weighted by molar-refractivity contribution is 6.00. The Hall–Kier alpha value is -2.04. The van der Waals surface area contributed by atoms with Crippen LogP contribution in [0.5, 0.6) is 17.2 Å². The molecular formula is C15H20O5. The SMILES string of the molecule is COc1cc(C(=O)C(C)CC(C)=O)cc(OC)c1OC. The zero-order valence-corrected chi connectivity index (χ0v) is 12.5. The van der Waals surface area contributed by atoms with Gasteiger partial charge in [0, 0.05) is 17.9 Å². The third-order valence-corrected chi connectivity index (χ3v) is 2.99. The number of benzene rings is 1. The van der Waals surface area contributed by atoms with Crippen molar-refractivity contribution in [3.8, 4) is 17.2 Å². The van der Waals surface area contributed by atoms with E-state index in [0.717, 1.165) is 0 Å². The Morgan fingerprint density at radius 1 is 1.05 bits per heavy atom. The van der Waals surface area contributed by atoms with Gasteiger partial charge in [-0.15, -0.1) is 0 Å². The molecule has 0 spiro atoms. The first-order valence-electron chi connectivity index (χ1n) is 6.28. The van der Waals surface area contributed by atoms with Gasteiger partial charge in [0.1, 0.15) is 5.78 Å². The van der Waals surface area contributed by atoms with Crippen LogP contribution in [0.25, 0.3) is 0 Å². The lowest BCUT2D eigenvalue weighted by atomic mass is 9.94. The van der Waals surface area contributed by atoms with Gasteiger partial charge in [-0.05, 0) is 19.1 Å². The molecule has 0 aliphatic carbocycles. The molecule has 5 heteroatoms. The van der Waals surface area contributed by atoms with Gasteiger partial charge >= 0.3 is 0 Å². The minimum absolute atomic E-state index is 0.0155. The van der Waals surface area contributed by atoms with E-state index in [1.807, 2.05) is 0 Å². The highest BCUT2D eigenvalue weighted by Crippen LogP contribution is 2.38. The summed E-state index contributed by atoms with van der Waals surface area (Å²) in [6, 6.07) is 3.20. The Balaban J connectivity index is 3.18. The number of carbonyl (C=O) groups excluding carboxylic acids is 2. The van der Waals surface area contributed by atoms with E-state index in [2.05, 4.69) is 0 Å². The van der Waals surface area contributed by atoms with Gasteiger partial charge in [-0.1, -0.05) is 6.92 Å². The summed E-state index contributed by atoms with van der Waals surface area (Å²) in [6.07, 6.45) is 0.218. The van der Waals surface area contributed by atoms with Gasteiger partial charge in [0.15, 0.2) is 17.3 Å². The smallest absolute Gasteiger partial charge is 0.203 e. The van der Waals surface area contributed by atoms with Crippen molar-refractivity contribution in [1.29, 1.82) is 0 Å².